The Hall–Kier alpha value is -1.98. The van der Waals surface area contributed by atoms with Crippen LogP contribution >= 0.6 is 0 Å². The van der Waals surface area contributed by atoms with Crippen molar-refractivity contribution in [3.8, 4) is 0 Å². The van der Waals surface area contributed by atoms with Crippen LogP contribution in [0.1, 0.15) is 10.4 Å². The molecule has 0 atom stereocenters. The Morgan fingerprint density at radius 2 is 2.38 bits per heavy atom. The molecule has 1 N–H and O–H groups in total. The van der Waals surface area contributed by atoms with E-state index in [4.69, 9.17) is 5.11 Å². The molecule has 13 heavy (non-hydrogen) atoms. The molecule has 0 spiro atoms. The highest BCUT2D eigenvalue weighted by Gasteiger charge is 2.07. The van der Waals surface area contributed by atoms with E-state index in [1.807, 2.05) is 0 Å². The van der Waals surface area contributed by atoms with Gasteiger partial charge in [-0.05, 0) is 6.07 Å². The monoisotopic (exact) mass is 178 g/mol. The molecule has 6 nitrogen and oxygen atoms in total. The number of aryl methyl sites for hydroxylation is 1. The number of nitrogens with zero attached hydrogens (tertiary/aromatic N) is 4. The lowest BCUT2D eigenvalue weighted by molar-refractivity contribution is 0.0696. The molecule has 0 bridgehead atoms. The largest absolute Gasteiger partial charge is 0.478 e. The van der Waals surface area contributed by atoms with Gasteiger partial charge in [0.1, 0.15) is 5.52 Å². The molecule has 2 aromatic rings. The second-order valence-electron chi connectivity index (χ2n) is 2.58. The third kappa shape index (κ3) is 1.12. The van der Waals surface area contributed by atoms with E-state index in [0.29, 0.717) is 11.2 Å². The third-order valence-corrected chi connectivity index (χ3v) is 1.69. The van der Waals surface area contributed by atoms with Gasteiger partial charge in [0.15, 0.2) is 5.65 Å². The van der Waals surface area contributed by atoms with E-state index in [2.05, 4.69) is 15.3 Å². The molecule has 0 aliphatic carbocycles. The number of carboxylic acid groups (broad SMARTS) is 1. The molecule has 66 valence electrons. The van der Waals surface area contributed by atoms with E-state index in [1.165, 1.54) is 16.9 Å². The van der Waals surface area contributed by atoms with Gasteiger partial charge < -0.3 is 5.11 Å². The summed E-state index contributed by atoms with van der Waals surface area (Å²) in [6, 6.07) is 1.44. The topological polar surface area (TPSA) is 80.9 Å². The minimum atomic E-state index is -1.01. The predicted octanol–water partition coefficient (Wildman–Crippen LogP) is 0.0615. The van der Waals surface area contributed by atoms with Crippen molar-refractivity contribution < 1.29 is 9.90 Å². The molecule has 0 radical (unpaired) electrons. The van der Waals surface area contributed by atoms with Gasteiger partial charge in [0, 0.05) is 13.2 Å². The van der Waals surface area contributed by atoms with Crippen molar-refractivity contribution in [1.29, 1.82) is 0 Å². The maximum atomic E-state index is 10.6. The van der Waals surface area contributed by atoms with Crippen LogP contribution in [-0.2, 0) is 7.05 Å². The van der Waals surface area contributed by atoms with Gasteiger partial charge in [0.2, 0.25) is 0 Å². The van der Waals surface area contributed by atoms with Gasteiger partial charge >= 0.3 is 5.97 Å². The van der Waals surface area contributed by atoms with E-state index in [0.717, 1.165) is 0 Å². The van der Waals surface area contributed by atoms with Gasteiger partial charge in [0.05, 0.1) is 5.56 Å². The predicted molar refractivity (Wildman–Crippen MR) is 43.3 cm³/mol. The molecule has 0 amide bonds. The van der Waals surface area contributed by atoms with Crippen molar-refractivity contribution in [3.05, 3.63) is 17.8 Å². The van der Waals surface area contributed by atoms with Crippen LogP contribution in [0.25, 0.3) is 11.2 Å². The average Bonchev–Trinajstić information content (AvgIpc) is 2.47. The first-order valence-electron chi connectivity index (χ1n) is 3.57. The van der Waals surface area contributed by atoms with Gasteiger partial charge in [-0.3, -0.25) is 0 Å². The molecule has 2 rings (SSSR count). The second-order valence-corrected chi connectivity index (χ2v) is 2.58. The summed E-state index contributed by atoms with van der Waals surface area (Å²) >= 11 is 0. The Morgan fingerprint density at radius 3 is 3.08 bits per heavy atom. The van der Waals surface area contributed by atoms with Crippen LogP contribution in [0.3, 0.4) is 0 Å². The van der Waals surface area contributed by atoms with Gasteiger partial charge in [-0.15, -0.1) is 5.10 Å². The molecule has 0 saturated carbocycles. The number of hydrogen-bond acceptors (Lipinski definition) is 4. The van der Waals surface area contributed by atoms with E-state index in [9.17, 15) is 4.79 Å². The number of aromatic nitrogens is 4. The van der Waals surface area contributed by atoms with Crippen molar-refractivity contribution in [2.75, 3.05) is 0 Å². The first kappa shape index (κ1) is 7.66. The summed E-state index contributed by atoms with van der Waals surface area (Å²) < 4.78 is 1.49. The van der Waals surface area contributed by atoms with Crippen LogP contribution < -0.4 is 0 Å². The number of rotatable bonds is 1. The summed E-state index contributed by atoms with van der Waals surface area (Å²) in [4.78, 5) is 14.5. The van der Waals surface area contributed by atoms with Gasteiger partial charge in [0.25, 0.3) is 0 Å². The van der Waals surface area contributed by atoms with Gasteiger partial charge in [-0.25, -0.2) is 14.5 Å². The fourth-order valence-electron chi connectivity index (χ4n) is 1.04. The third-order valence-electron chi connectivity index (χ3n) is 1.69. The molecule has 0 fully saturated rings. The van der Waals surface area contributed by atoms with Gasteiger partial charge in [-0.1, -0.05) is 5.21 Å². The maximum Gasteiger partial charge on any atom is 0.337 e. The molecule has 0 saturated heterocycles. The molecule has 2 aromatic heterocycles. The lowest BCUT2D eigenvalue weighted by Gasteiger charge is -1.92. The average molecular weight is 178 g/mol. The van der Waals surface area contributed by atoms with E-state index < -0.39 is 5.97 Å². The quantitative estimate of drug-likeness (QED) is 0.667. The van der Waals surface area contributed by atoms with Crippen molar-refractivity contribution >= 4 is 17.1 Å². The Kier molecular flexibility index (Phi) is 1.48. The number of hydrogen-bond donors (Lipinski definition) is 1. The van der Waals surface area contributed by atoms with E-state index in [-0.39, 0.29) is 5.56 Å². The molecular formula is C7H6N4O2. The number of aromatic carboxylic acids is 1. The molecule has 0 unspecified atom stereocenters. The molecule has 6 heteroatoms. The van der Waals surface area contributed by atoms with Crippen LogP contribution in [0.4, 0.5) is 0 Å². The standard InChI is InChI=1S/C7H6N4O2/c1-11-6-5(9-10-11)2-4(3-8-6)7(12)13/h2-3H,1H3,(H,12,13). The molecule has 0 aliphatic rings. The second kappa shape index (κ2) is 2.51. The van der Waals surface area contributed by atoms with Crippen LogP contribution in [0.15, 0.2) is 12.3 Å². The zero-order valence-corrected chi connectivity index (χ0v) is 6.80. The Morgan fingerprint density at radius 1 is 1.62 bits per heavy atom. The molecular weight excluding hydrogens is 172 g/mol. The summed E-state index contributed by atoms with van der Waals surface area (Å²) in [5.41, 5.74) is 1.18. The van der Waals surface area contributed by atoms with Gasteiger partial charge in [-0.2, -0.15) is 0 Å². The SMILES string of the molecule is Cn1nnc2cc(C(=O)O)cnc21. The van der Waals surface area contributed by atoms with Crippen molar-refractivity contribution in [2.24, 2.45) is 7.05 Å². The van der Waals surface area contributed by atoms with E-state index in [1.54, 1.807) is 7.05 Å². The first-order chi connectivity index (χ1) is 6.18. The maximum absolute atomic E-state index is 10.6. The highest BCUT2D eigenvalue weighted by molar-refractivity contribution is 5.90. The summed E-state index contributed by atoms with van der Waals surface area (Å²) in [6.45, 7) is 0. The van der Waals surface area contributed by atoms with Crippen molar-refractivity contribution in [3.63, 3.8) is 0 Å². The summed E-state index contributed by atoms with van der Waals surface area (Å²) in [5.74, 6) is -1.01. The smallest absolute Gasteiger partial charge is 0.337 e. The number of fused-ring (bicyclic) bond motifs is 1. The zero-order valence-electron chi connectivity index (χ0n) is 6.80. The lowest BCUT2D eigenvalue weighted by Crippen LogP contribution is -1.98. The lowest BCUT2D eigenvalue weighted by atomic mass is 10.3. The Bertz CT molecular complexity index is 476. The molecule has 0 aromatic carbocycles. The highest BCUT2D eigenvalue weighted by Crippen LogP contribution is 2.08. The van der Waals surface area contributed by atoms with E-state index >= 15 is 0 Å². The van der Waals surface area contributed by atoms with Crippen LogP contribution in [-0.4, -0.2) is 31.1 Å². The fourth-order valence-corrected chi connectivity index (χ4v) is 1.04. The summed E-state index contributed by atoms with van der Waals surface area (Å²) in [5, 5.41) is 16.1. The molecule has 2 heterocycles. The Balaban J connectivity index is 2.70. The zero-order chi connectivity index (χ0) is 9.42. The fraction of sp³-hybridized carbons (Fsp3) is 0.143. The normalized spacial score (nSPS) is 10.5. The van der Waals surface area contributed by atoms with Crippen LogP contribution in [0.2, 0.25) is 0 Å². The minimum absolute atomic E-state index is 0.119. The minimum Gasteiger partial charge on any atom is -0.478 e. The Labute approximate surface area is 72.8 Å². The number of pyridine rings is 1. The van der Waals surface area contributed by atoms with Crippen molar-refractivity contribution in [2.45, 2.75) is 0 Å². The number of carbonyl (C=O) groups is 1. The first-order valence-corrected chi connectivity index (χ1v) is 3.57. The van der Waals surface area contributed by atoms with Crippen molar-refractivity contribution in [1.82, 2.24) is 20.0 Å². The van der Waals surface area contributed by atoms with Crippen LogP contribution in [0.5, 0.6) is 0 Å². The molecule has 0 aliphatic heterocycles. The van der Waals surface area contributed by atoms with Crippen LogP contribution in [0, 0.1) is 0 Å². The summed E-state index contributed by atoms with van der Waals surface area (Å²) in [7, 11) is 1.70. The summed E-state index contributed by atoms with van der Waals surface area (Å²) in [6.07, 6.45) is 1.29. The highest BCUT2D eigenvalue weighted by atomic mass is 16.4. The number of carboxylic acids is 1.